The van der Waals surface area contributed by atoms with Crippen molar-refractivity contribution < 1.29 is 14.3 Å². The first-order chi connectivity index (χ1) is 11.9. The number of carbonyl (C=O) groups is 2. The molecule has 0 radical (unpaired) electrons. The third kappa shape index (κ3) is 5.24. The highest BCUT2D eigenvalue weighted by molar-refractivity contribution is 5.96. The van der Waals surface area contributed by atoms with Gasteiger partial charge in [0.05, 0.1) is 0 Å². The minimum absolute atomic E-state index is 0.180. The number of amides is 2. The van der Waals surface area contributed by atoms with Crippen molar-refractivity contribution in [3.8, 4) is 5.75 Å². The van der Waals surface area contributed by atoms with Crippen LogP contribution in [0.1, 0.15) is 21.5 Å². The Morgan fingerprint density at radius 1 is 1.00 bits per heavy atom. The number of ether oxygens (including phenoxy) is 1. The first kappa shape index (κ1) is 18.3. The predicted molar refractivity (Wildman–Crippen MR) is 97.8 cm³/mol. The van der Waals surface area contributed by atoms with E-state index in [1.807, 2.05) is 51.0 Å². The zero-order valence-electron chi connectivity index (χ0n) is 14.9. The molecule has 132 valence electrons. The maximum atomic E-state index is 12.1. The smallest absolute Gasteiger partial charge is 0.276 e. The van der Waals surface area contributed by atoms with Crippen LogP contribution >= 0.6 is 0 Å². The molecule has 2 aromatic carbocycles. The molecule has 0 atom stereocenters. The Balaban J connectivity index is 1.84. The van der Waals surface area contributed by atoms with E-state index in [0.29, 0.717) is 11.3 Å². The number of hydrogen-bond donors (Lipinski definition) is 2. The SMILES string of the molecule is Cc1ccc(OCC(=O)NNC(=O)c2cccc(N(C)C)c2)cc1C. The minimum atomic E-state index is -0.435. The van der Waals surface area contributed by atoms with Gasteiger partial charge >= 0.3 is 0 Å². The van der Waals surface area contributed by atoms with E-state index in [-0.39, 0.29) is 12.5 Å². The summed E-state index contributed by atoms with van der Waals surface area (Å²) in [7, 11) is 3.78. The standard InChI is InChI=1S/C19H23N3O3/c1-13-8-9-17(10-14(13)2)25-12-18(23)20-21-19(24)15-6-5-7-16(11-15)22(3)4/h5-11H,12H2,1-4H3,(H,20,23)(H,21,24). The first-order valence-corrected chi connectivity index (χ1v) is 7.93. The number of nitrogens with one attached hydrogen (secondary N) is 2. The maximum Gasteiger partial charge on any atom is 0.276 e. The van der Waals surface area contributed by atoms with Crippen molar-refractivity contribution in [1.82, 2.24) is 10.9 Å². The van der Waals surface area contributed by atoms with Crippen LogP contribution in [0, 0.1) is 13.8 Å². The summed E-state index contributed by atoms with van der Waals surface area (Å²) in [6, 6.07) is 12.7. The molecule has 0 aromatic heterocycles. The maximum absolute atomic E-state index is 12.1. The topological polar surface area (TPSA) is 70.7 Å². The van der Waals surface area contributed by atoms with Gasteiger partial charge < -0.3 is 9.64 Å². The fraction of sp³-hybridized carbons (Fsp3) is 0.263. The fourth-order valence-corrected chi connectivity index (χ4v) is 2.11. The lowest BCUT2D eigenvalue weighted by Gasteiger charge is -2.14. The molecule has 0 aliphatic carbocycles. The number of hydrogen-bond acceptors (Lipinski definition) is 4. The second kappa shape index (κ2) is 8.19. The fourth-order valence-electron chi connectivity index (χ4n) is 2.11. The Kier molecular flexibility index (Phi) is 6.00. The third-order valence-electron chi connectivity index (χ3n) is 3.79. The third-order valence-corrected chi connectivity index (χ3v) is 3.79. The first-order valence-electron chi connectivity index (χ1n) is 7.93. The monoisotopic (exact) mass is 341 g/mol. The van der Waals surface area contributed by atoms with Gasteiger partial charge in [0.2, 0.25) is 0 Å². The van der Waals surface area contributed by atoms with Crippen molar-refractivity contribution in [3.63, 3.8) is 0 Å². The van der Waals surface area contributed by atoms with Crippen LogP contribution in [-0.2, 0) is 4.79 Å². The molecule has 0 heterocycles. The van der Waals surface area contributed by atoms with Gasteiger partial charge in [0.25, 0.3) is 11.8 Å². The van der Waals surface area contributed by atoms with E-state index in [0.717, 1.165) is 16.8 Å². The molecule has 0 aliphatic rings. The summed E-state index contributed by atoms with van der Waals surface area (Å²) in [5.74, 6) is -0.207. The van der Waals surface area contributed by atoms with Gasteiger partial charge in [0, 0.05) is 25.3 Å². The molecule has 0 unspecified atom stereocenters. The minimum Gasteiger partial charge on any atom is -0.484 e. The number of benzene rings is 2. The Morgan fingerprint density at radius 3 is 2.44 bits per heavy atom. The van der Waals surface area contributed by atoms with Gasteiger partial charge in [-0.2, -0.15) is 0 Å². The highest BCUT2D eigenvalue weighted by atomic mass is 16.5. The largest absolute Gasteiger partial charge is 0.484 e. The molecule has 6 heteroatoms. The van der Waals surface area contributed by atoms with Crippen molar-refractivity contribution in [2.24, 2.45) is 0 Å². The average molecular weight is 341 g/mol. The summed E-state index contributed by atoms with van der Waals surface area (Å²) in [5, 5.41) is 0. The zero-order chi connectivity index (χ0) is 18.4. The van der Waals surface area contributed by atoms with Gasteiger partial charge in [-0.25, -0.2) is 0 Å². The van der Waals surface area contributed by atoms with Crippen molar-refractivity contribution in [3.05, 3.63) is 59.2 Å². The van der Waals surface area contributed by atoms with Crippen LogP contribution in [-0.4, -0.2) is 32.5 Å². The number of hydrazine groups is 1. The van der Waals surface area contributed by atoms with E-state index in [1.54, 1.807) is 24.3 Å². The van der Waals surface area contributed by atoms with Crippen LogP contribution in [0.2, 0.25) is 0 Å². The van der Waals surface area contributed by atoms with Crippen LogP contribution in [0.25, 0.3) is 0 Å². The molecular weight excluding hydrogens is 318 g/mol. The van der Waals surface area contributed by atoms with Crippen molar-refractivity contribution in [2.45, 2.75) is 13.8 Å². The summed E-state index contributed by atoms with van der Waals surface area (Å²) in [6.07, 6.45) is 0. The van der Waals surface area contributed by atoms with E-state index < -0.39 is 5.91 Å². The molecule has 2 rings (SSSR count). The van der Waals surface area contributed by atoms with Gasteiger partial charge in [-0.15, -0.1) is 0 Å². The zero-order valence-corrected chi connectivity index (χ0v) is 14.9. The number of aryl methyl sites for hydroxylation is 2. The molecule has 25 heavy (non-hydrogen) atoms. The summed E-state index contributed by atoms with van der Waals surface area (Å²) in [4.78, 5) is 25.8. The van der Waals surface area contributed by atoms with E-state index in [9.17, 15) is 9.59 Å². The second-order valence-corrected chi connectivity index (χ2v) is 5.98. The number of rotatable bonds is 5. The molecule has 0 bridgehead atoms. The van der Waals surface area contributed by atoms with Crippen LogP contribution in [0.3, 0.4) is 0 Å². The quantitative estimate of drug-likeness (QED) is 0.818. The van der Waals surface area contributed by atoms with Crippen LogP contribution in [0.15, 0.2) is 42.5 Å². The van der Waals surface area contributed by atoms with Gasteiger partial charge in [-0.1, -0.05) is 12.1 Å². The van der Waals surface area contributed by atoms with Crippen molar-refractivity contribution in [2.75, 3.05) is 25.6 Å². The molecule has 2 amide bonds. The second-order valence-electron chi connectivity index (χ2n) is 5.98. The lowest BCUT2D eigenvalue weighted by Crippen LogP contribution is -2.43. The van der Waals surface area contributed by atoms with Gasteiger partial charge in [0.1, 0.15) is 5.75 Å². The number of anilines is 1. The van der Waals surface area contributed by atoms with Gasteiger partial charge in [0.15, 0.2) is 6.61 Å². The van der Waals surface area contributed by atoms with Crippen LogP contribution in [0.5, 0.6) is 5.75 Å². The van der Waals surface area contributed by atoms with E-state index >= 15 is 0 Å². The molecule has 0 aliphatic heterocycles. The molecule has 0 spiro atoms. The summed E-state index contributed by atoms with van der Waals surface area (Å²) < 4.78 is 5.42. The molecular formula is C19H23N3O3. The molecule has 0 saturated carbocycles. The summed E-state index contributed by atoms with van der Waals surface area (Å²) >= 11 is 0. The van der Waals surface area contributed by atoms with E-state index in [2.05, 4.69) is 10.9 Å². The Hall–Kier alpha value is -3.02. The Morgan fingerprint density at radius 2 is 1.76 bits per heavy atom. The summed E-state index contributed by atoms with van der Waals surface area (Å²) in [6.45, 7) is 3.80. The van der Waals surface area contributed by atoms with Crippen LogP contribution < -0.4 is 20.5 Å². The average Bonchev–Trinajstić information content (AvgIpc) is 2.60. The lowest BCUT2D eigenvalue weighted by molar-refractivity contribution is -0.123. The molecule has 0 saturated heterocycles. The highest BCUT2D eigenvalue weighted by Crippen LogP contribution is 2.16. The molecule has 2 aromatic rings. The predicted octanol–water partition coefficient (Wildman–Crippen LogP) is 2.21. The number of carbonyl (C=O) groups excluding carboxylic acids is 2. The molecule has 6 nitrogen and oxygen atoms in total. The van der Waals surface area contributed by atoms with Gasteiger partial charge in [-0.05, 0) is 55.3 Å². The Bertz CT molecular complexity index is 772. The van der Waals surface area contributed by atoms with Crippen LogP contribution in [0.4, 0.5) is 5.69 Å². The highest BCUT2D eigenvalue weighted by Gasteiger charge is 2.09. The van der Waals surface area contributed by atoms with Crippen molar-refractivity contribution in [1.29, 1.82) is 0 Å². The van der Waals surface area contributed by atoms with Gasteiger partial charge in [-0.3, -0.25) is 20.4 Å². The number of nitrogens with zero attached hydrogens (tertiary/aromatic N) is 1. The molecule has 2 N–H and O–H groups in total. The normalized spacial score (nSPS) is 10.1. The lowest BCUT2D eigenvalue weighted by atomic mass is 10.1. The summed E-state index contributed by atoms with van der Waals surface area (Å²) in [5.41, 5.74) is 8.34. The van der Waals surface area contributed by atoms with Crippen molar-refractivity contribution >= 4 is 17.5 Å². The Labute approximate surface area is 147 Å². The van der Waals surface area contributed by atoms with E-state index in [4.69, 9.17) is 4.74 Å². The molecule has 0 fully saturated rings. The van der Waals surface area contributed by atoms with E-state index in [1.165, 1.54) is 0 Å².